The monoisotopic (exact) mass is 205 g/mol. The third-order valence-corrected chi connectivity index (χ3v) is 2.81. The van der Waals surface area contributed by atoms with Gasteiger partial charge in [0, 0.05) is 0 Å². The molecule has 0 bridgehead atoms. The van der Waals surface area contributed by atoms with Gasteiger partial charge >= 0.3 is 0 Å². The van der Waals surface area contributed by atoms with Crippen molar-refractivity contribution in [3.05, 3.63) is 41.2 Å². The molecule has 1 aliphatic heterocycles. The Bertz CT molecular complexity index is 382. The van der Waals surface area contributed by atoms with Crippen molar-refractivity contribution in [2.24, 2.45) is 0 Å². The average Bonchev–Trinajstić information content (AvgIpc) is 2.50. The van der Waals surface area contributed by atoms with Gasteiger partial charge in [0.1, 0.15) is 5.82 Å². The highest BCUT2D eigenvalue weighted by Gasteiger charge is 2.06. The van der Waals surface area contributed by atoms with E-state index >= 15 is 0 Å². The molecular weight excluding hydrogens is 189 g/mol. The zero-order valence-corrected chi connectivity index (χ0v) is 9.02. The fourth-order valence-corrected chi connectivity index (χ4v) is 1.91. The molecule has 0 amide bonds. The Kier molecular flexibility index (Phi) is 3.17. The summed E-state index contributed by atoms with van der Waals surface area (Å²) < 4.78 is 13.1. The fourth-order valence-electron chi connectivity index (χ4n) is 1.91. The number of rotatable bonds is 1. The molecule has 1 aromatic carbocycles. The van der Waals surface area contributed by atoms with Crippen molar-refractivity contribution in [3.63, 3.8) is 0 Å². The number of hydrogen-bond donors (Lipinski definition) is 1. The number of hydrogen-bond acceptors (Lipinski definition) is 1. The molecule has 0 aliphatic carbocycles. The highest BCUT2D eigenvalue weighted by Crippen LogP contribution is 2.22. The summed E-state index contributed by atoms with van der Waals surface area (Å²) in [6.07, 6.45) is 4.35. The van der Waals surface area contributed by atoms with Gasteiger partial charge in [-0.15, -0.1) is 0 Å². The molecule has 2 rings (SSSR count). The first-order chi connectivity index (χ1) is 7.27. The van der Waals surface area contributed by atoms with Crippen molar-refractivity contribution in [1.29, 1.82) is 0 Å². The molecule has 0 aromatic heterocycles. The maximum absolute atomic E-state index is 13.1. The minimum absolute atomic E-state index is 0.119. The maximum atomic E-state index is 13.1. The van der Waals surface area contributed by atoms with E-state index in [1.807, 2.05) is 19.1 Å². The lowest BCUT2D eigenvalue weighted by Gasteiger charge is -2.07. The quantitative estimate of drug-likeness (QED) is 0.743. The third kappa shape index (κ3) is 2.45. The van der Waals surface area contributed by atoms with Crippen molar-refractivity contribution in [2.45, 2.75) is 19.8 Å². The normalized spacial score (nSPS) is 17.1. The largest absolute Gasteiger partial charge is 0.316 e. The van der Waals surface area contributed by atoms with E-state index in [9.17, 15) is 4.39 Å². The summed E-state index contributed by atoms with van der Waals surface area (Å²) in [5, 5.41) is 3.35. The van der Waals surface area contributed by atoms with Crippen LogP contribution >= 0.6 is 0 Å². The van der Waals surface area contributed by atoms with Crippen LogP contribution in [0.2, 0.25) is 0 Å². The molecule has 0 fully saturated rings. The van der Waals surface area contributed by atoms with Crippen LogP contribution in [0.3, 0.4) is 0 Å². The van der Waals surface area contributed by atoms with Gasteiger partial charge < -0.3 is 5.32 Å². The average molecular weight is 205 g/mol. The van der Waals surface area contributed by atoms with Gasteiger partial charge in [-0.2, -0.15) is 0 Å². The minimum Gasteiger partial charge on any atom is -0.316 e. The van der Waals surface area contributed by atoms with E-state index in [0.29, 0.717) is 0 Å². The van der Waals surface area contributed by atoms with Gasteiger partial charge in [-0.3, -0.25) is 0 Å². The minimum atomic E-state index is -0.119. The highest BCUT2D eigenvalue weighted by molar-refractivity contribution is 5.66. The van der Waals surface area contributed by atoms with Crippen LogP contribution in [-0.2, 0) is 0 Å². The maximum Gasteiger partial charge on any atom is 0.126 e. The Morgan fingerprint density at radius 3 is 2.93 bits per heavy atom. The molecule has 0 spiro atoms. The van der Waals surface area contributed by atoms with E-state index < -0.39 is 0 Å². The Morgan fingerprint density at radius 2 is 2.13 bits per heavy atom. The predicted molar refractivity (Wildman–Crippen MR) is 61.2 cm³/mol. The molecule has 0 saturated heterocycles. The second kappa shape index (κ2) is 4.58. The van der Waals surface area contributed by atoms with Gasteiger partial charge in [-0.25, -0.2) is 4.39 Å². The molecule has 2 heteroatoms. The zero-order chi connectivity index (χ0) is 10.7. The Hall–Kier alpha value is -1.15. The molecule has 1 N–H and O–H groups in total. The van der Waals surface area contributed by atoms with Gasteiger partial charge in [0.25, 0.3) is 0 Å². The summed E-state index contributed by atoms with van der Waals surface area (Å²) in [7, 11) is 0. The van der Waals surface area contributed by atoms with E-state index in [-0.39, 0.29) is 5.82 Å². The van der Waals surface area contributed by atoms with Gasteiger partial charge in [0.05, 0.1) is 0 Å². The van der Waals surface area contributed by atoms with Crippen LogP contribution in [0.25, 0.3) is 5.57 Å². The number of halogens is 1. The molecule has 0 unspecified atom stereocenters. The Morgan fingerprint density at radius 1 is 1.27 bits per heavy atom. The molecule has 1 nitrogen and oxygen atoms in total. The van der Waals surface area contributed by atoms with Gasteiger partial charge in [0.15, 0.2) is 0 Å². The van der Waals surface area contributed by atoms with Crippen LogP contribution in [0.5, 0.6) is 0 Å². The molecule has 0 saturated carbocycles. The first kappa shape index (κ1) is 10.4. The summed E-state index contributed by atoms with van der Waals surface area (Å²) in [6, 6.07) is 5.37. The van der Waals surface area contributed by atoms with Crippen molar-refractivity contribution in [1.82, 2.24) is 5.32 Å². The van der Waals surface area contributed by atoms with Crippen molar-refractivity contribution in [2.75, 3.05) is 13.1 Å². The first-order valence-electron chi connectivity index (χ1n) is 5.43. The lowest BCUT2D eigenvalue weighted by atomic mass is 10.0. The van der Waals surface area contributed by atoms with E-state index in [1.54, 1.807) is 6.07 Å². The lowest BCUT2D eigenvalue weighted by molar-refractivity contribution is 0.618. The summed E-state index contributed by atoms with van der Waals surface area (Å²) in [4.78, 5) is 0. The van der Waals surface area contributed by atoms with E-state index in [2.05, 4.69) is 11.4 Å². The van der Waals surface area contributed by atoms with Crippen molar-refractivity contribution < 1.29 is 4.39 Å². The second-order valence-corrected chi connectivity index (χ2v) is 3.98. The van der Waals surface area contributed by atoms with Crippen LogP contribution in [0.1, 0.15) is 24.0 Å². The molecular formula is C13H16FN. The molecule has 1 heterocycles. The van der Waals surface area contributed by atoms with Gasteiger partial charge in [-0.05, 0) is 61.7 Å². The van der Waals surface area contributed by atoms with Crippen LogP contribution in [0.15, 0.2) is 24.3 Å². The molecule has 1 aliphatic rings. The molecule has 80 valence electrons. The van der Waals surface area contributed by atoms with Crippen molar-refractivity contribution >= 4 is 5.57 Å². The highest BCUT2D eigenvalue weighted by atomic mass is 19.1. The van der Waals surface area contributed by atoms with Crippen LogP contribution in [0, 0.1) is 12.7 Å². The van der Waals surface area contributed by atoms with Crippen LogP contribution in [0.4, 0.5) is 4.39 Å². The Labute approximate surface area is 90.0 Å². The zero-order valence-electron chi connectivity index (χ0n) is 9.02. The topological polar surface area (TPSA) is 12.0 Å². The van der Waals surface area contributed by atoms with Crippen LogP contribution in [-0.4, -0.2) is 13.1 Å². The summed E-state index contributed by atoms with van der Waals surface area (Å²) in [5.74, 6) is -0.119. The van der Waals surface area contributed by atoms with Gasteiger partial charge in [-0.1, -0.05) is 12.1 Å². The molecule has 0 atom stereocenters. The lowest BCUT2D eigenvalue weighted by Crippen LogP contribution is -2.13. The first-order valence-corrected chi connectivity index (χ1v) is 5.43. The van der Waals surface area contributed by atoms with Crippen LogP contribution < -0.4 is 5.32 Å². The summed E-state index contributed by atoms with van der Waals surface area (Å²) >= 11 is 0. The molecule has 0 radical (unpaired) electrons. The van der Waals surface area contributed by atoms with E-state index in [1.165, 1.54) is 5.57 Å². The number of benzene rings is 1. The summed E-state index contributed by atoms with van der Waals surface area (Å²) in [6.45, 7) is 3.88. The smallest absolute Gasteiger partial charge is 0.126 e. The second-order valence-electron chi connectivity index (χ2n) is 3.98. The predicted octanol–water partition coefficient (Wildman–Crippen LogP) is 2.90. The van der Waals surface area contributed by atoms with Crippen molar-refractivity contribution in [3.8, 4) is 0 Å². The fraction of sp³-hybridized carbons (Fsp3) is 0.385. The molecule has 1 aromatic rings. The number of aryl methyl sites for hydroxylation is 1. The third-order valence-electron chi connectivity index (χ3n) is 2.81. The SMILES string of the molecule is Cc1cc(C2=CCCNCC2)ccc1F. The van der Waals surface area contributed by atoms with E-state index in [0.717, 1.165) is 37.1 Å². The standard InChI is InChI=1S/C13H16FN/c1-10-9-12(4-5-13(10)14)11-3-2-7-15-8-6-11/h3-5,9,15H,2,6-8H2,1H3. The molecule has 15 heavy (non-hydrogen) atoms. The Balaban J connectivity index is 2.27. The van der Waals surface area contributed by atoms with Gasteiger partial charge in [0.2, 0.25) is 0 Å². The number of nitrogens with one attached hydrogen (secondary N) is 1. The van der Waals surface area contributed by atoms with E-state index in [4.69, 9.17) is 0 Å². The summed E-state index contributed by atoms with van der Waals surface area (Å²) in [5.41, 5.74) is 3.23.